The molecule has 0 aromatic rings. The number of carbonyl (C=O) groups excluding carboxylic acids is 1. The van der Waals surface area contributed by atoms with Crippen molar-refractivity contribution in [2.45, 2.75) is 51.7 Å². The third-order valence-electron chi connectivity index (χ3n) is 5.78. The summed E-state index contributed by atoms with van der Waals surface area (Å²) >= 11 is 0. The molecule has 2 aliphatic rings. The van der Waals surface area contributed by atoms with Crippen LogP contribution in [0.3, 0.4) is 0 Å². The molecule has 2 rings (SSSR count). The van der Waals surface area contributed by atoms with Gasteiger partial charge in [0.1, 0.15) is 0 Å². The van der Waals surface area contributed by atoms with Gasteiger partial charge in [-0.2, -0.15) is 0 Å². The van der Waals surface area contributed by atoms with Crippen molar-refractivity contribution in [3.05, 3.63) is 24.0 Å². The Labute approximate surface area is 163 Å². The zero-order valence-electron chi connectivity index (χ0n) is 16.9. The summed E-state index contributed by atoms with van der Waals surface area (Å²) in [5.41, 5.74) is 1.20. The number of likely N-dealkylation sites (N-methyl/N-ethyl adjacent to an activating group) is 1. The second kappa shape index (κ2) is 9.96. The van der Waals surface area contributed by atoms with E-state index in [1.807, 2.05) is 19.1 Å². The lowest BCUT2D eigenvalue weighted by molar-refractivity contribution is -0.131. The molecule has 150 valence electrons. The van der Waals surface area contributed by atoms with Crippen LogP contribution in [0.15, 0.2) is 24.0 Å². The van der Waals surface area contributed by atoms with Gasteiger partial charge >= 0.3 is 0 Å². The van der Waals surface area contributed by atoms with Crippen molar-refractivity contribution in [1.29, 1.82) is 0 Å². The SMILES string of the molecule is CC#CC[C@H](C)[C@H](O)C=C[C@@H]1[C@H]2CC(=COCC(=O)N(C)C)C[C@H]2C[C@H]1O. The molecule has 5 heteroatoms. The molecule has 0 spiro atoms. The summed E-state index contributed by atoms with van der Waals surface area (Å²) in [5.74, 6) is 6.74. The molecular formula is C22H33NO4. The molecule has 0 saturated heterocycles. The van der Waals surface area contributed by atoms with Gasteiger partial charge in [-0.05, 0) is 49.5 Å². The fourth-order valence-corrected chi connectivity index (χ4v) is 4.04. The van der Waals surface area contributed by atoms with Crippen LogP contribution in [0, 0.1) is 35.5 Å². The lowest BCUT2D eigenvalue weighted by Gasteiger charge is -2.19. The van der Waals surface area contributed by atoms with Crippen LogP contribution in [-0.4, -0.2) is 53.9 Å². The second-order valence-electron chi connectivity index (χ2n) is 8.07. The Kier molecular flexibility index (Phi) is 7.94. The van der Waals surface area contributed by atoms with Crippen LogP contribution in [0.1, 0.15) is 39.5 Å². The Hall–Kier alpha value is -1.77. The summed E-state index contributed by atoms with van der Waals surface area (Å²) < 4.78 is 5.45. The Bertz CT molecular complexity index is 628. The number of aliphatic hydroxyl groups excluding tert-OH is 2. The predicted octanol–water partition coefficient (Wildman–Crippen LogP) is 2.35. The van der Waals surface area contributed by atoms with E-state index in [1.54, 1.807) is 27.3 Å². The lowest BCUT2D eigenvalue weighted by Crippen LogP contribution is -2.25. The molecule has 0 bridgehead atoms. The normalized spacial score (nSPS) is 30.7. The average Bonchev–Trinajstić information content (AvgIpc) is 3.13. The molecule has 0 aromatic carbocycles. The highest BCUT2D eigenvalue weighted by atomic mass is 16.5. The first kappa shape index (κ1) is 21.5. The monoisotopic (exact) mass is 375 g/mol. The van der Waals surface area contributed by atoms with Crippen molar-refractivity contribution in [2.24, 2.45) is 23.7 Å². The summed E-state index contributed by atoms with van der Waals surface area (Å²) in [5, 5.41) is 20.7. The molecule has 2 N–H and O–H groups in total. The standard InChI is InChI=1S/C22H33NO4/c1-5-6-7-15(2)20(24)9-8-18-19-11-16(10-17(19)12-21(18)25)13-27-14-22(26)23(3)4/h8-9,13,15,17-21,24-25H,7,10-12,14H2,1-4H3/t15-,17-,18+,19-,20+,21+/m0/s1. The average molecular weight is 376 g/mol. The molecule has 2 saturated carbocycles. The molecule has 0 aromatic heterocycles. The fourth-order valence-electron chi connectivity index (χ4n) is 4.04. The number of aliphatic hydroxyl groups is 2. The van der Waals surface area contributed by atoms with E-state index in [9.17, 15) is 15.0 Å². The quantitative estimate of drug-likeness (QED) is 0.407. The van der Waals surface area contributed by atoms with Gasteiger partial charge in [-0.3, -0.25) is 4.79 Å². The van der Waals surface area contributed by atoms with Gasteiger partial charge < -0.3 is 19.8 Å². The highest BCUT2D eigenvalue weighted by Crippen LogP contribution is 2.50. The summed E-state index contributed by atoms with van der Waals surface area (Å²) in [6.45, 7) is 3.84. The van der Waals surface area contributed by atoms with E-state index in [0.717, 1.165) is 19.3 Å². The molecule has 5 nitrogen and oxygen atoms in total. The van der Waals surface area contributed by atoms with Crippen LogP contribution < -0.4 is 0 Å². The predicted molar refractivity (Wildman–Crippen MR) is 105 cm³/mol. The first-order chi connectivity index (χ1) is 12.8. The molecule has 0 heterocycles. The number of nitrogens with zero attached hydrogens (tertiary/aromatic N) is 1. The number of amides is 1. The van der Waals surface area contributed by atoms with Gasteiger partial charge in [-0.25, -0.2) is 0 Å². The van der Waals surface area contributed by atoms with Gasteiger partial charge in [-0.1, -0.05) is 19.1 Å². The Morgan fingerprint density at radius 3 is 2.81 bits per heavy atom. The van der Waals surface area contributed by atoms with E-state index < -0.39 is 6.10 Å². The molecular weight excluding hydrogens is 342 g/mol. The first-order valence-corrected chi connectivity index (χ1v) is 9.77. The Morgan fingerprint density at radius 1 is 1.41 bits per heavy atom. The van der Waals surface area contributed by atoms with E-state index >= 15 is 0 Å². The summed E-state index contributed by atoms with van der Waals surface area (Å²) in [7, 11) is 3.42. The van der Waals surface area contributed by atoms with Crippen molar-refractivity contribution in [3.8, 4) is 11.8 Å². The molecule has 0 radical (unpaired) electrons. The van der Waals surface area contributed by atoms with Gasteiger partial charge in [0.25, 0.3) is 5.91 Å². The Morgan fingerprint density at radius 2 is 2.15 bits per heavy atom. The third-order valence-corrected chi connectivity index (χ3v) is 5.78. The fraction of sp³-hybridized carbons (Fsp3) is 0.682. The molecule has 2 fully saturated rings. The number of hydrogen-bond acceptors (Lipinski definition) is 4. The summed E-state index contributed by atoms with van der Waals surface area (Å²) in [6, 6.07) is 0. The number of rotatable bonds is 7. The number of fused-ring (bicyclic) bond motifs is 1. The van der Waals surface area contributed by atoms with E-state index in [0.29, 0.717) is 18.3 Å². The van der Waals surface area contributed by atoms with Crippen LogP contribution >= 0.6 is 0 Å². The van der Waals surface area contributed by atoms with E-state index in [1.165, 1.54) is 10.5 Å². The van der Waals surface area contributed by atoms with Crippen LogP contribution in [0.25, 0.3) is 0 Å². The molecule has 6 atom stereocenters. The summed E-state index contributed by atoms with van der Waals surface area (Å²) in [6.07, 6.45) is 7.88. The topological polar surface area (TPSA) is 70.0 Å². The van der Waals surface area contributed by atoms with Crippen LogP contribution in [-0.2, 0) is 9.53 Å². The van der Waals surface area contributed by atoms with E-state index in [-0.39, 0.29) is 30.5 Å². The van der Waals surface area contributed by atoms with Crippen LogP contribution in [0.4, 0.5) is 0 Å². The maximum atomic E-state index is 11.6. The number of ether oxygens (including phenoxy) is 1. The van der Waals surface area contributed by atoms with Crippen molar-refractivity contribution in [3.63, 3.8) is 0 Å². The van der Waals surface area contributed by atoms with Crippen LogP contribution in [0.2, 0.25) is 0 Å². The smallest absolute Gasteiger partial charge is 0.259 e. The van der Waals surface area contributed by atoms with Gasteiger partial charge in [0.05, 0.1) is 18.5 Å². The number of hydrogen-bond donors (Lipinski definition) is 2. The zero-order chi connectivity index (χ0) is 20.0. The maximum absolute atomic E-state index is 11.6. The van der Waals surface area contributed by atoms with E-state index in [4.69, 9.17) is 4.74 Å². The molecule has 1 amide bonds. The van der Waals surface area contributed by atoms with Gasteiger partial charge in [0, 0.05) is 26.4 Å². The van der Waals surface area contributed by atoms with Crippen molar-refractivity contribution in [2.75, 3.05) is 20.7 Å². The number of allylic oxidation sites excluding steroid dienone is 1. The zero-order valence-corrected chi connectivity index (χ0v) is 16.9. The number of carbonyl (C=O) groups is 1. The van der Waals surface area contributed by atoms with Gasteiger partial charge in [-0.15, -0.1) is 11.8 Å². The molecule has 27 heavy (non-hydrogen) atoms. The molecule has 2 aliphatic carbocycles. The maximum Gasteiger partial charge on any atom is 0.259 e. The van der Waals surface area contributed by atoms with Crippen molar-refractivity contribution in [1.82, 2.24) is 4.90 Å². The second-order valence-corrected chi connectivity index (χ2v) is 8.07. The lowest BCUT2D eigenvalue weighted by atomic mass is 9.89. The minimum absolute atomic E-state index is 0.0581. The van der Waals surface area contributed by atoms with Crippen molar-refractivity contribution < 1.29 is 19.7 Å². The largest absolute Gasteiger partial charge is 0.491 e. The van der Waals surface area contributed by atoms with Gasteiger partial charge in [0.15, 0.2) is 6.61 Å². The Balaban J connectivity index is 1.91. The molecule has 0 unspecified atom stereocenters. The summed E-state index contributed by atoms with van der Waals surface area (Å²) in [4.78, 5) is 13.1. The van der Waals surface area contributed by atoms with Crippen molar-refractivity contribution >= 4 is 5.91 Å². The minimum atomic E-state index is -0.547. The highest BCUT2D eigenvalue weighted by molar-refractivity contribution is 5.76. The highest BCUT2D eigenvalue weighted by Gasteiger charge is 2.45. The van der Waals surface area contributed by atoms with Gasteiger partial charge in [0.2, 0.25) is 0 Å². The van der Waals surface area contributed by atoms with Crippen LogP contribution in [0.5, 0.6) is 0 Å². The first-order valence-electron chi connectivity index (χ1n) is 9.77. The molecule has 0 aliphatic heterocycles. The third kappa shape index (κ3) is 5.85. The minimum Gasteiger partial charge on any atom is -0.491 e. The van der Waals surface area contributed by atoms with E-state index in [2.05, 4.69) is 11.8 Å².